The molecule has 0 saturated heterocycles. The van der Waals surface area contributed by atoms with E-state index in [9.17, 15) is 19.4 Å². The monoisotopic (exact) mass is 1140 g/mol. The van der Waals surface area contributed by atoms with Gasteiger partial charge in [0.2, 0.25) is 5.91 Å². The van der Waals surface area contributed by atoms with Crippen molar-refractivity contribution in [3.05, 3.63) is 12.2 Å². The highest BCUT2D eigenvalue weighted by Gasteiger charge is 2.28. The molecule has 0 aliphatic heterocycles. The van der Waals surface area contributed by atoms with Crippen LogP contribution in [0.15, 0.2) is 12.2 Å². The summed E-state index contributed by atoms with van der Waals surface area (Å²) in [6.07, 6.45) is 78.9. The number of unbranched alkanes of at least 4 members (excludes halogenated alkanes) is 52. The van der Waals surface area contributed by atoms with Gasteiger partial charge in [-0.15, -0.1) is 0 Å². The van der Waals surface area contributed by atoms with Gasteiger partial charge in [-0.2, -0.15) is 0 Å². The molecule has 0 saturated carbocycles. The first-order valence-electron chi connectivity index (χ1n) is 35.6. The average Bonchev–Trinajstić information content (AvgIpc) is 3.42. The van der Waals surface area contributed by atoms with Crippen LogP contribution in [0.4, 0.5) is 0 Å². The number of phosphoric acid groups is 1. The lowest BCUT2D eigenvalue weighted by atomic mass is 10.0. The fourth-order valence-corrected chi connectivity index (χ4v) is 12.0. The van der Waals surface area contributed by atoms with E-state index in [1.54, 1.807) is 0 Å². The predicted molar refractivity (Wildman–Crippen MR) is 346 cm³/mol. The van der Waals surface area contributed by atoms with E-state index in [2.05, 4.69) is 31.3 Å². The minimum Gasteiger partial charge on any atom is -0.391 e. The maximum Gasteiger partial charge on any atom is 0.472 e. The second-order valence-electron chi connectivity index (χ2n) is 26.0. The predicted octanol–water partition coefficient (Wildman–Crippen LogP) is 22.5. The molecule has 0 radical (unpaired) electrons. The van der Waals surface area contributed by atoms with E-state index in [4.69, 9.17) is 9.05 Å². The van der Waals surface area contributed by atoms with E-state index in [1.165, 1.54) is 315 Å². The summed E-state index contributed by atoms with van der Waals surface area (Å²) in [6.45, 7) is 4.96. The van der Waals surface area contributed by atoms with Crippen LogP contribution < -0.4 is 5.32 Å². The molecule has 1 amide bonds. The molecule has 3 N–H and O–H groups in total. The Hall–Kier alpha value is -0.760. The number of nitrogens with one attached hydrogen (secondary N) is 1. The van der Waals surface area contributed by atoms with Crippen LogP contribution >= 0.6 is 7.82 Å². The molecule has 79 heavy (non-hydrogen) atoms. The Labute approximate surface area is 494 Å². The fraction of sp³-hybridized carbons (Fsp3) is 0.957. The largest absolute Gasteiger partial charge is 0.472 e. The number of amides is 1. The second kappa shape index (κ2) is 61.8. The van der Waals surface area contributed by atoms with Crippen LogP contribution in [0.3, 0.4) is 0 Å². The smallest absolute Gasteiger partial charge is 0.391 e. The van der Waals surface area contributed by atoms with Crippen LogP contribution in [0, 0.1) is 0 Å². The molecular formula is C70H142N2O6P+. The highest BCUT2D eigenvalue weighted by molar-refractivity contribution is 7.47. The van der Waals surface area contributed by atoms with E-state index in [1.807, 2.05) is 21.1 Å². The zero-order valence-corrected chi connectivity index (χ0v) is 55.1. The zero-order chi connectivity index (χ0) is 57.7. The Kier molecular flexibility index (Phi) is 61.2. The lowest BCUT2D eigenvalue weighted by Crippen LogP contribution is -2.46. The summed E-state index contributed by atoms with van der Waals surface area (Å²) in [4.78, 5) is 23.5. The van der Waals surface area contributed by atoms with Crippen molar-refractivity contribution < 1.29 is 32.9 Å². The zero-order valence-electron chi connectivity index (χ0n) is 54.2. The van der Waals surface area contributed by atoms with Gasteiger partial charge in [0.1, 0.15) is 13.2 Å². The van der Waals surface area contributed by atoms with Gasteiger partial charge >= 0.3 is 7.82 Å². The Morgan fingerprint density at radius 1 is 0.418 bits per heavy atom. The summed E-state index contributed by atoms with van der Waals surface area (Å²) in [6, 6.07) is -0.759. The number of aliphatic hydroxyl groups is 1. The first-order valence-corrected chi connectivity index (χ1v) is 37.0. The summed E-state index contributed by atoms with van der Waals surface area (Å²) in [5.74, 6) is -0.135. The highest BCUT2D eigenvalue weighted by Crippen LogP contribution is 2.43. The van der Waals surface area contributed by atoms with Gasteiger partial charge in [0.15, 0.2) is 0 Å². The lowest BCUT2D eigenvalue weighted by Gasteiger charge is -2.26. The fourth-order valence-electron chi connectivity index (χ4n) is 11.2. The Balaban J connectivity index is 3.99. The molecule has 0 aromatic carbocycles. The van der Waals surface area contributed by atoms with Crippen LogP contribution in [0.1, 0.15) is 380 Å². The Bertz CT molecular complexity index is 1290. The van der Waals surface area contributed by atoms with Crippen LogP contribution in [-0.2, 0) is 18.4 Å². The van der Waals surface area contributed by atoms with Crippen molar-refractivity contribution in [2.45, 2.75) is 392 Å². The van der Waals surface area contributed by atoms with Crippen molar-refractivity contribution in [2.24, 2.45) is 0 Å². The number of rotatable bonds is 67. The molecule has 0 aliphatic rings. The van der Waals surface area contributed by atoms with E-state index >= 15 is 0 Å². The minimum atomic E-state index is -4.33. The average molecular weight is 1140 g/mol. The van der Waals surface area contributed by atoms with Crippen LogP contribution in [0.5, 0.6) is 0 Å². The third kappa shape index (κ3) is 64.7. The van der Waals surface area contributed by atoms with E-state index in [0.717, 1.165) is 38.5 Å². The van der Waals surface area contributed by atoms with Gasteiger partial charge in [-0.05, 0) is 38.5 Å². The molecule has 8 nitrogen and oxygen atoms in total. The van der Waals surface area contributed by atoms with Gasteiger partial charge < -0.3 is 19.8 Å². The SMILES string of the molecule is CCCCCCCCCC/C=C\CCCCCCCCCCCCCCCCCCCC(=O)NC(COP(=O)(O)OCC[N+](C)(C)C)C(O)CCCCCCCCCCCCCCCCCCCCCCCCCCCCCC. The number of allylic oxidation sites excluding steroid dienone is 2. The van der Waals surface area contributed by atoms with E-state index in [0.29, 0.717) is 23.9 Å². The standard InChI is InChI=1S/C70H141N2O6P/c1-6-8-10-12-14-16-18-20-22-24-26-28-30-32-34-36-38-40-42-44-46-48-50-52-54-56-58-60-62-64-70(74)71-68(67-78-79(75,76)77-66-65-72(3,4)5)69(73)63-61-59-57-55-53-51-49-47-45-43-41-39-37-35-33-31-29-27-25-23-21-19-17-15-13-11-9-7-2/h24,26,68-69,73H,6-23,25,27-67H2,1-5H3,(H-,71,74,75,76)/p+1/b26-24-. The third-order valence-corrected chi connectivity index (χ3v) is 17.7. The number of likely N-dealkylation sites (N-methyl/N-ethyl adjacent to an activating group) is 1. The van der Waals surface area contributed by atoms with Gasteiger partial charge in [-0.1, -0.05) is 347 Å². The van der Waals surface area contributed by atoms with Gasteiger partial charge in [0.25, 0.3) is 0 Å². The maximum atomic E-state index is 13.1. The van der Waals surface area contributed by atoms with Gasteiger partial charge in [0, 0.05) is 6.42 Å². The third-order valence-electron chi connectivity index (χ3n) is 16.8. The second-order valence-corrected chi connectivity index (χ2v) is 27.4. The van der Waals surface area contributed by atoms with Crippen molar-refractivity contribution in [1.82, 2.24) is 5.32 Å². The molecule has 3 atom stereocenters. The number of phosphoric ester groups is 1. The summed E-state index contributed by atoms with van der Waals surface area (Å²) in [5.41, 5.74) is 0. The molecule has 3 unspecified atom stereocenters. The molecule has 9 heteroatoms. The summed E-state index contributed by atoms with van der Waals surface area (Å²) >= 11 is 0. The first-order chi connectivity index (χ1) is 38.5. The van der Waals surface area contributed by atoms with E-state index < -0.39 is 20.0 Å². The normalized spacial score (nSPS) is 13.7. The van der Waals surface area contributed by atoms with Gasteiger partial charge in [-0.25, -0.2) is 4.57 Å². The quantitative estimate of drug-likeness (QED) is 0.0243. The lowest BCUT2D eigenvalue weighted by molar-refractivity contribution is -0.870. The molecule has 0 aromatic heterocycles. The van der Waals surface area contributed by atoms with Gasteiger partial charge in [0.05, 0.1) is 39.9 Å². The van der Waals surface area contributed by atoms with Crippen molar-refractivity contribution >= 4 is 13.7 Å². The number of hydrogen-bond acceptors (Lipinski definition) is 5. The number of nitrogens with zero attached hydrogens (tertiary/aromatic N) is 1. The molecule has 0 fully saturated rings. The molecule has 0 bridgehead atoms. The minimum absolute atomic E-state index is 0.0783. The molecule has 0 aromatic rings. The summed E-state index contributed by atoms with van der Waals surface area (Å²) < 4.78 is 23.9. The molecule has 0 heterocycles. The molecule has 472 valence electrons. The summed E-state index contributed by atoms with van der Waals surface area (Å²) in [5, 5.41) is 14.2. The first kappa shape index (κ1) is 78.2. The topological polar surface area (TPSA) is 105 Å². The number of carbonyl (C=O) groups excluding carboxylic acids is 1. The molecule has 0 rings (SSSR count). The van der Waals surface area contributed by atoms with Crippen molar-refractivity contribution in [1.29, 1.82) is 0 Å². The Morgan fingerprint density at radius 2 is 0.684 bits per heavy atom. The van der Waals surface area contributed by atoms with Crippen LogP contribution in [-0.4, -0.2) is 73.4 Å². The van der Waals surface area contributed by atoms with Crippen molar-refractivity contribution in [2.75, 3.05) is 40.9 Å². The highest BCUT2D eigenvalue weighted by atomic mass is 31.2. The Morgan fingerprint density at radius 3 is 0.975 bits per heavy atom. The number of carbonyl (C=O) groups is 1. The van der Waals surface area contributed by atoms with Crippen molar-refractivity contribution in [3.8, 4) is 0 Å². The number of hydrogen-bond donors (Lipinski definition) is 3. The van der Waals surface area contributed by atoms with Crippen LogP contribution in [0.2, 0.25) is 0 Å². The molecule has 0 aliphatic carbocycles. The summed E-state index contributed by atoms with van der Waals surface area (Å²) in [7, 11) is 1.64. The molecule has 0 spiro atoms. The van der Waals surface area contributed by atoms with Crippen molar-refractivity contribution in [3.63, 3.8) is 0 Å². The maximum absolute atomic E-state index is 13.1. The number of quaternary nitrogens is 1. The van der Waals surface area contributed by atoms with E-state index in [-0.39, 0.29) is 19.1 Å². The van der Waals surface area contributed by atoms with Crippen LogP contribution in [0.25, 0.3) is 0 Å². The molecular weight excluding hydrogens is 996 g/mol. The number of aliphatic hydroxyl groups excluding tert-OH is 1. The van der Waals surface area contributed by atoms with Gasteiger partial charge in [-0.3, -0.25) is 13.8 Å².